The highest BCUT2D eigenvalue weighted by Crippen LogP contribution is 2.38. The topological polar surface area (TPSA) is 84.5 Å². The van der Waals surface area contributed by atoms with Gasteiger partial charge in [0.05, 0.1) is 19.9 Å². The molecule has 0 unspecified atom stereocenters. The molecule has 2 aromatic rings. The first-order valence-electron chi connectivity index (χ1n) is 9.06. The molecule has 0 bridgehead atoms. The first-order chi connectivity index (χ1) is 12.9. The van der Waals surface area contributed by atoms with E-state index in [1.807, 2.05) is 12.1 Å². The number of aryl methyl sites for hydroxylation is 2. The summed E-state index contributed by atoms with van der Waals surface area (Å²) >= 11 is 0. The summed E-state index contributed by atoms with van der Waals surface area (Å²) in [6.07, 6.45) is 2.33. The molecule has 144 valence electrons. The van der Waals surface area contributed by atoms with Gasteiger partial charge in [-0.05, 0) is 33.1 Å². The Morgan fingerprint density at radius 2 is 2.04 bits per heavy atom. The van der Waals surface area contributed by atoms with Crippen LogP contribution in [0.4, 0.5) is 5.69 Å². The van der Waals surface area contributed by atoms with Crippen LogP contribution in [0, 0.1) is 13.8 Å². The Morgan fingerprint density at radius 3 is 2.70 bits per heavy atom. The van der Waals surface area contributed by atoms with Crippen LogP contribution in [0.15, 0.2) is 16.9 Å². The molecule has 1 N–H and O–H groups in total. The Morgan fingerprint density at radius 1 is 1.26 bits per heavy atom. The first kappa shape index (κ1) is 18.9. The summed E-state index contributed by atoms with van der Waals surface area (Å²) in [4.78, 5) is 33.9. The van der Waals surface area contributed by atoms with E-state index in [-0.39, 0.29) is 17.9 Å². The first-order valence-corrected chi connectivity index (χ1v) is 9.06. The summed E-state index contributed by atoms with van der Waals surface area (Å²) in [5.74, 6) is 1.94. The van der Waals surface area contributed by atoms with E-state index in [4.69, 9.17) is 9.47 Å². The molecule has 0 atom stereocenters. The summed E-state index contributed by atoms with van der Waals surface area (Å²) in [6, 6.07) is 3.72. The van der Waals surface area contributed by atoms with Gasteiger partial charge in [-0.1, -0.05) is 0 Å². The van der Waals surface area contributed by atoms with E-state index in [1.54, 1.807) is 33.0 Å². The van der Waals surface area contributed by atoms with Crippen LogP contribution in [-0.4, -0.2) is 36.6 Å². The van der Waals surface area contributed by atoms with Gasteiger partial charge in [-0.2, -0.15) is 0 Å². The number of anilines is 1. The minimum absolute atomic E-state index is 0.0226. The summed E-state index contributed by atoms with van der Waals surface area (Å²) in [7, 11) is 3.21. The molecule has 2 heterocycles. The molecule has 0 saturated heterocycles. The maximum absolute atomic E-state index is 12.9. The number of ether oxygens (including phenoxy) is 2. The lowest BCUT2D eigenvalue weighted by Gasteiger charge is -2.31. The Labute approximate surface area is 158 Å². The molecular formula is C20H25N3O4. The number of nitrogens with one attached hydrogen (secondary N) is 1. The maximum atomic E-state index is 12.9. The molecule has 3 rings (SSSR count). The summed E-state index contributed by atoms with van der Waals surface area (Å²) in [6.45, 7) is 4.19. The van der Waals surface area contributed by atoms with Crippen molar-refractivity contribution in [2.75, 3.05) is 25.7 Å². The molecule has 27 heavy (non-hydrogen) atoms. The van der Waals surface area contributed by atoms with E-state index in [1.165, 1.54) is 0 Å². The number of hydrogen-bond acceptors (Lipinski definition) is 5. The van der Waals surface area contributed by atoms with Gasteiger partial charge in [0, 0.05) is 41.9 Å². The second-order valence-electron chi connectivity index (χ2n) is 6.69. The van der Waals surface area contributed by atoms with E-state index >= 15 is 0 Å². The van der Waals surface area contributed by atoms with Crippen molar-refractivity contribution in [3.05, 3.63) is 45.1 Å². The second-order valence-corrected chi connectivity index (χ2v) is 6.69. The molecule has 0 spiro atoms. The summed E-state index contributed by atoms with van der Waals surface area (Å²) in [5, 5.41) is 0. The number of nitrogens with zero attached hydrogens (tertiary/aromatic N) is 2. The fourth-order valence-corrected chi connectivity index (χ4v) is 3.60. The highest BCUT2D eigenvalue weighted by atomic mass is 16.5. The zero-order valence-electron chi connectivity index (χ0n) is 16.2. The summed E-state index contributed by atoms with van der Waals surface area (Å²) < 4.78 is 10.8. The smallest absolute Gasteiger partial charge is 0.254 e. The molecule has 1 amide bonds. The average Bonchev–Trinajstić information content (AvgIpc) is 2.65. The lowest BCUT2D eigenvalue weighted by atomic mass is 9.99. The van der Waals surface area contributed by atoms with Crippen LogP contribution in [0.25, 0.3) is 0 Å². The minimum atomic E-state index is -0.171. The predicted octanol–water partition coefficient (Wildman–Crippen LogP) is 2.32. The molecular weight excluding hydrogens is 346 g/mol. The number of hydrogen-bond donors (Lipinski definition) is 1. The minimum Gasteiger partial charge on any atom is -0.497 e. The van der Waals surface area contributed by atoms with Crippen molar-refractivity contribution < 1.29 is 14.3 Å². The molecule has 1 aromatic carbocycles. The van der Waals surface area contributed by atoms with Gasteiger partial charge in [0.2, 0.25) is 5.91 Å². The third kappa shape index (κ3) is 3.82. The van der Waals surface area contributed by atoms with Gasteiger partial charge in [-0.3, -0.25) is 9.59 Å². The number of fused-ring (bicyclic) bond motifs is 1. The predicted molar refractivity (Wildman–Crippen MR) is 103 cm³/mol. The largest absolute Gasteiger partial charge is 0.497 e. The van der Waals surface area contributed by atoms with Crippen LogP contribution >= 0.6 is 0 Å². The normalized spacial score (nSPS) is 13.3. The molecule has 1 aromatic heterocycles. The molecule has 1 aliphatic heterocycles. The van der Waals surface area contributed by atoms with Crippen molar-refractivity contribution in [2.24, 2.45) is 0 Å². The lowest BCUT2D eigenvalue weighted by molar-refractivity contribution is -0.118. The van der Waals surface area contributed by atoms with Crippen LogP contribution in [0.1, 0.15) is 35.5 Å². The van der Waals surface area contributed by atoms with Crippen molar-refractivity contribution in [1.29, 1.82) is 0 Å². The van der Waals surface area contributed by atoms with Crippen LogP contribution in [0.5, 0.6) is 11.5 Å². The number of aromatic amines is 1. The second kappa shape index (κ2) is 7.82. The number of carbonyl (C=O) groups is 1. The van der Waals surface area contributed by atoms with Crippen molar-refractivity contribution in [2.45, 2.75) is 39.5 Å². The molecule has 0 radical (unpaired) electrons. The van der Waals surface area contributed by atoms with Crippen LogP contribution < -0.4 is 19.9 Å². The van der Waals surface area contributed by atoms with Crippen molar-refractivity contribution in [3.63, 3.8) is 0 Å². The number of benzene rings is 1. The van der Waals surface area contributed by atoms with Crippen LogP contribution in [0.3, 0.4) is 0 Å². The third-order valence-electron chi connectivity index (χ3n) is 4.94. The monoisotopic (exact) mass is 371 g/mol. The Hall–Kier alpha value is -2.83. The number of methoxy groups -OCH3 is 2. The van der Waals surface area contributed by atoms with Gasteiger partial charge in [0.15, 0.2) is 0 Å². The highest BCUT2D eigenvalue weighted by Gasteiger charge is 2.26. The summed E-state index contributed by atoms with van der Waals surface area (Å²) in [5.41, 5.74) is 2.91. The number of carbonyl (C=O) groups excluding carboxylic acids is 1. The Kier molecular flexibility index (Phi) is 5.48. The molecule has 1 aliphatic rings. The van der Waals surface area contributed by atoms with Gasteiger partial charge in [-0.25, -0.2) is 4.98 Å². The van der Waals surface area contributed by atoms with Crippen molar-refractivity contribution in [1.82, 2.24) is 9.97 Å². The van der Waals surface area contributed by atoms with Crippen molar-refractivity contribution >= 4 is 11.6 Å². The molecule has 0 saturated carbocycles. The fraction of sp³-hybridized carbons (Fsp3) is 0.450. The number of rotatable bonds is 5. The van der Waals surface area contributed by atoms with Gasteiger partial charge < -0.3 is 19.4 Å². The van der Waals surface area contributed by atoms with E-state index in [0.717, 1.165) is 29.8 Å². The SMILES string of the molecule is COc1cc(OC)c2c(c1)N(C(=O)CCc1c(C)nc(C)[nH]c1=O)CCC2. The van der Waals surface area contributed by atoms with E-state index in [2.05, 4.69) is 9.97 Å². The van der Waals surface area contributed by atoms with Gasteiger partial charge in [-0.15, -0.1) is 0 Å². The standard InChI is InChI=1S/C20H25N3O4/c1-12-15(20(25)22-13(2)21-12)7-8-19(24)23-9-5-6-16-17(23)10-14(26-3)11-18(16)27-4/h10-11H,5-9H2,1-4H3,(H,21,22,25). The average molecular weight is 371 g/mol. The number of amides is 1. The molecule has 0 fully saturated rings. The lowest BCUT2D eigenvalue weighted by Crippen LogP contribution is -2.36. The zero-order valence-corrected chi connectivity index (χ0v) is 16.2. The van der Waals surface area contributed by atoms with E-state index < -0.39 is 0 Å². The zero-order chi connectivity index (χ0) is 19.6. The Balaban J connectivity index is 1.84. The van der Waals surface area contributed by atoms with Gasteiger partial charge >= 0.3 is 0 Å². The van der Waals surface area contributed by atoms with E-state index in [9.17, 15) is 9.59 Å². The van der Waals surface area contributed by atoms with Crippen LogP contribution in [-0.2, 0) is 17.6 Å². The van der Waals surface area contributed by atoms with Crippen molar-refractivity contribution in [3.8, 4) is 11.5 Å². The molecule has 7 heteroatoms. The maximum Gasteiger partial charge on any atom is 0.254 e. The van der Waals surface area contributed by atoms with Gasteiger partial charge in [0.1, 0.15) is 17.3 Å². The highest BCUT2D eigenvalue weighted by molar-refractivity contribution is 5.95. The number of aromatic nitrogens is 2. The van der Waals surface area contributed by atoms with Gasteiger partial charge in [0.25, 0.3) is 5.56 Å². The third-order valence-corrected chi connectivity index (χ3v) is 4.94. The van der Waals surface area contributed by atoms with E-state index in [0.29, 0.717) is 35.8 Å². The van der Waals surface area contributed by atoms with Crippen LogP contribution in [0.2, 0.25) is 0 Å². The molecule has 7 nitrogen and oxygen atoms in total. The number of H-pyrrole nitrogens is 1. The Bertz CT molecular complexity index is 920. The molecule has 0 aliphatic carbocycles. The fourth-order valence-electron chi connectivity index (χ4n) is 3.60. The quantitative estimate of drug-likeness (QED) is 0.872.